The van der Waals surface area contributed by atoms with Gasteiger partial charge in [-0.25, -0.2) is 0 Å². The minimum absolute atomic E-state index is 0.0981. The monoisotopic (exact) mass is 849 g/mol. The summed E-state index contributed by atoms with van der Waals surface area (Å²) in [7, 11) is 0. The minimum atomic E-state index is -0.523. The van der Waals surface area contributed by atoms with Crippen molar-refractivity contribution in [3.63, 3.8) is 0 Å². The summed E-state index contributed by atoms with van der Waals surface area (Å²) in [5.41, 5.74) is 0. The lowest BCUT2D eigenvalue weighted by Gasteiger charge is -2.18. The molecule has 0 bridgehead atoms. The van der Waals surface area contributed by atoms with E-state index in [-0.39, 0.29) is 18.5 Å². The Labute approximate surface area is 376 Å². The fourth-order valence-electron chi connectivity index (χ4n) is 8.51. The van der Waals surface area contributed by atoms with E-state index in [1.807, 2.05) is 0 Å². The van der Waals surface area contributed by atoms with Crippen molar-refractivity contribution >= 4 is 11.9 Å². The van der Waals surface area contributed by atoms with E-state index in [1.165, 1.54) is 250 Å². The van der Waals surface area contributed by atoms with Gasteiger partial charge in [-0.05, 0) is 19.3 Å². The largest absolute Gasteiger partial charge is 0.462 e. The number of carbonyl (C=O) groups is 2. The van der Waals surface area contributed by atoms with Crippen LogP contribution in [-0.2, 0) is 23.8 Å². The summed E-state index contributed by atoms with van der Waals surface area (Å²) in [4.78, 5) is 25.4. The molecule has 0 aliphatic heterocycles. The molecule has 0 saturated heterocycles. The van der Waals surface area contributed by atoms with E-state index < -0.39 is 6.10 Å². The summed E-state index contributed by atoms with van der Waals surface area (Å²) in [6.45, 7) is 7.92. The first-order chi connectivity index (χ1) is 29.6. The molecule has 0 aromatic rings. The summed E-state index contributed by atoms with van der Waals surface area (Å²) in [5, 5.41) is 0. The highest BCUT2D eigenvalue weighted by Crippen LogP contribution is 2.17. The molecule has 1 atom stereocenters. The normalized spacial score (nSPS) is 12.0. The number of esters is 2. The molecular weight excluding hydrogens is 741 g/mol. The summed E-state index contributed by atoms with van der Waals surface area (Å²) in [6, 6.07) is 0. The fraction of sp³-hybridized carbons (Fsp3) is 0.964. The van der Waals surface area contributed by atoms with Crippen molar-refractivity contribution in [1.29, 1.82) is 0 Å². The van der Waals surface area contributed by atoms with Crippen LogP contribution in [0.1, 0.15) is 316 Å². The van der Waals surface area contributed by atoms with Crippen LogP contribution >= 0.6 is 0 Å². The SMILES string of the molecule is CCCCCCCCCCCCCCCCCCOC[C@H](COC(=O)CCCCCCCCCCCCCCCCC)OC(=O)CCCCCCCCCCCCCCC. The molecule has 0 spiro atoms. The molecule has 0 heterocycles. The van der Waals surface area contributed by atoms with Gasteiger partial charge >= 0.3 is 11.9 Å². The Kier molecular flexibility index (Phi) is 51.3. The van der Waals surface area contributed by atoms with Crippen LogP contribution < -0.4 is 0 Å². The number of unbranched alkanes of at least 4 members (excludes halogenated alkanes) is 41. The third kappa shape index (κ3) is 49.6. The zero-order chi connectivity index (χ0) is 43.5. The lowest BCUT2D eigenvalue weighted by Crippen LogP contribution is -2.30. The van der Waals surface area contributed by atoms with Gasteiger partial charge in [0.1, 0.15) is 6.61 Å². The van der Waals surface area contributed by atoms with Crippen LogP contribution in [-0.4, -0.2) is 37.9 Å². The molecule has 0 unspecified atom stereocenters. The Hall–Kier alpha value is -1.10. The average Bonchev–Trinajstić information content (AvgIpc) is 3.25. The molecule has 0 aromatic heterocycles. The zero-order valence-electron chi connectivity index (χ0n) is 41.3. The molecule has 0 N–H and O–H groups in total. The number of carbonyl (C=O) groups excluding carboxylic acids is 2. The Morgan fingerprint density at radius 1 is 0.300 bits per heavy atom. The summed E-state index contributed by atoms with van der Waals surface area (Å²) in [5.74, 6) is -0.368. The van der Waals surface area contributed by atoms with E-state index in [0.29, 0.717) is 26.1 Å². The topological polar surface area (TPSA) is 61.8 Å². The number of hydrogen-bond acceptors (Lipinski definition) is 5. The average molecular weight is 849 g/mol. The van der Waals surface area contributed by atoms with E-state index >= 15 is 0 Å². The van der Waals surface area contributed by atoms with Gasteiger partial charge < -0.3 is 14.2 Å². The minimum Gasteiger partial charge on any atom is -0.462 e. The van der Waals surface area contributed by atoms with E-state index in [2.05, 4.69) is 20.8 Å². The van der Waals surface area contributed by atoms with E-state index in [9.17, 15) is 9.59 Å². The van der Waals surface area contributed by atoms with Crippen LogP contribution in [0.2, 0.25) is 0 Å². The second-order valence-corrected chi connectivity index (χ2v) is 18.9. The van der Waals surface area contributed by atoms with Crippen LogP contribution in [0, 0.1) is 0 Å². The van der Waals surface area contributed by atoms with Gasteiger partial charge in [-0.2, -0.15) is 0 Å². The van der Waals surface area contributed by atoms with Crippen molar-refractivity contribution in [1.82, 2.24) is 0 Å². The first kappa shape index (κ1) is 58.9. The maximum atomic E-state index is 12.8. The molecule has 0 aromatic carbocycles. The third-order valence-electron chi connectivity index (χ3n) is 12.6. The number of rotatable bonds is 52. The summed E-state index contributed by atoms with van der Waals surface area (Å²) >= 11 is 0. The van der Waals surface area contributed by atoms with Gasteiger partial charge in [-0.1, -0.05) is 284 Å². The quantitative estimate of drug-likeness (QED) is 0.0451. The lowest BCUT2D eigenvalue weighted by atomic mass is 10.0. The van der Waals surface area contributed by atoms with Gasteiger partial charge in [0.2, 0.25) is 0 Å². The first-order valence-corrected chi connectivity index (χ1v) is 27.6. The Bertz CT molecular complexity index is 830. The Balaban J connectivity index is 4.17. The molecule has 0 saturated carbocycles. The maximum absolute atomic E-state index is 12.8. The first-order valence-electron chi connectivity index (χ1n) is 27.6. The molecule has 0 rings (SSSR count). The smallest absolute Gasteiger partial charge is 0.306 e. The van der Waals surface area contributed by atoms with Gasteiger partial charge in [0.15, 0.2) is 6.10 Å². The second kappa shape index (κ2) is 52.2. The predicted octanol–water partition coefficient (Wildman–Crippen LogP) is 18.5. The van der Waals surface area contributed by atoms with E-state index in [0.717, 1.165) is 32.1 Å². The Morgan fingerprint density at radius 3 is 0.850 bits per heavy atom. The van der Waals surface area contributed by atoms with E-state index in [4.69, 9.17) is 14.2 Å². The van der Waals surface area contributed by atoms with Gasteiger partial charge in [0, 0.05) is 19.4 Å². The summed E-state index contributed by atoms with van der Waals surface area (Å²) in [6.07, 6.45) is 58.2. The highest BCUT2D eigenvalue weighted by atomic mass is 16.6. The van der Waals surface area contributed by atoms with E-state index in [1.54, 1.807) is 0 Å². The van der Waals surface area contributed by atoms with Crippen molar-refractivity contribution in [2.45, 2.75) is 322 Å². The van der Waals surface area contributed by atoms with Crippen LogP contribution in [0.15, 0.2) is 0 Å². The van der Waals surface area contributed by atoms with Gasteiger partial charge in [-0.3, -0.25) is 9.59 Å². The standard InChI is InChI=1S/C55H108O5/c1-4-7-10-13-16-19-22-25-27-29-32-35-38-41-44-47-50-58-51-53(60-55(57)49-46-43-40-37-34-30-24-21-18-15-12-9-6-3)52-59-54(56)48-45-42-39-36-33-31-28-26-23-20-17-14-11-8-5-2/h53H,4-52H2,1-3H3/t53-/m1/s1. The number of ether oxygens (including phenoxy) is 3. The third-order valence-corrected chi connectivity index (χ3v) is 12.6. The molecule has 0 amide bonds. The highest BCUT2D eigenvalue weighted by Gasteiger charge is 2.17. The molecule has 0 aliphatic rings. The molecule has 0 aliphatic carbocycles. The van der Waals surface area contributed by atoms with Gasteiger partial charge in [0.25, 0.3) is 0 Å². The zero-order valence-corrected chi connectivity index (χ0v) is 41.3. The molecule has 60 heavy (non-hydrogen) atoms. The van der Waals surface area contributed by atoms with Crippen molar-refractivity contribution in [2.24, 2.45) is 0 Å². The number of hydrogen-bond donors (Lipinski definition) is 0. The second-order valence-electron chi connectivity index (χ2n) is 18.9. The molecule has 5 nitrogen and oxygen atoms in total. The van der Waals surface area contributed by atoms with Crippen LogP contribution in [0.3, 0.4) is 0 Å². The predicted molar refractivity (Wildman–Crippen MR) is 261 cm³/mol. The van der Waals surface area contributed by atoms with Crippen molar-refractivity contribution in [3.05, 3.63) is 0 Å². The highest BCUT2D eigenvalue weighted by molar-refractivity contribution is 5.70. The van der Waals surface area contributed by atoms with Crippen LogP contribution in [0.25, 0.3) is 0 Å². The van der Waals surface area contributed by atoms with Gasteiger partial charge in [0.05, 0.1) is 6.61 Å². The fourth-order valence-corrected chi connectivity index (χ4v) is 8.51. The van der Waals surface area contributed by atoms with Crippen LogP contribution in [0.4, 0.5) is 0 Å². The van der Waals surface area contributed by atoms with Gasteiger partial charge in [-0.15, -0.1) is 0 Å². The van der Waals surface area contributed by atoms with Crippen molar-refractivity contribution < 1.29 is 23.8 Å². The lowest BCUT2D eigenvalue weighted by molar-refractivity contribution is -0.163. The van der Waals surface area contributed by atoms with Crippen molar-refractivity contribution in [2.75, 3.05) is 19.8 Å². The summed E-state index contributed by atoms with van der Waals surface area (Å²) < 4.78 is 17.5. The van der Waals surface area contributed by atoms with Crippen molar-refractivity contribution in [3.8, 4) is 0 Å². The molecular formula is C55H108O5. The molecule has 358 valence electrons. The maximum Gasteiger partial charge on any atom is 0.306 e. The molecule has 0 fully saturated rings. The Morgan fingerprint density at radius 2 is 0.550 bits per heavy atom. The molecule has 5 heteroatoms. The molecule has 0 radical (unpaired) electrons. The van der Waals surface area contributed by atoms with Crippen LogP contribution in [0.5, 0.6) is 0 Å².